The van der Waals surface area contributed by atoms with Crippen molar-refractivity contribution in [1.82, 2.24) is 9.97 Å². The van der Waals surface area contributed by atoms with E-state index in [1.807, 2.05) is 0 Å². The molecule has 186 valence electrons. The highest BCUT2D eigenvalue weighted by Crippen LogP contribution is 2.35. The molecule has 9 heteroatoms. The number of H-pyrrole nitrogens is 1. The highest BCUT2D eigenvalue weighted by Gasteiger charge is 2.19. The number of hydrogen-bond donors (Lipinski definition) is 2. The second-order valence-corrected chi connectivity index (χ2v) is 10.2. The molecule has 2 heterocycles. The Bertz CT molecular complexity index is 1480. The number of halogens is 1. The average Bonchev–Trinajstić information content (AvgIpc) is 3.20. The van der Waals surface area contributed by atoms with Crippen molar-refractivity contribution in [2.75, 3.05) is 19.0 Å². The van der Waals surface area contributed by atoms with Gasteiger partial charge in [-0.2, -0.15) is 0 Å². The molecule has 0 unspecified atom stereocenters. The lowest BCUT2D eigenvalue weighted by Gasteiger charge is -2.12. The number of aromatic amines is 1. The highest BCUT2D eigenvalue weighted by atomic mass is 35.5. The van der Waals surface area contributed by atoms with Gasteiger partial charge in [0.05, 0.1) is 23.2 Å². The summed E-state index contributed by atoms with van der Waals surface area (Å²) in [7, 11) is 1.52. The van der Waals surface area contributed by atoms with Gasteiger partial charge in [0.1, 0.15) is 10.7 Å². The number of rotatable bonds is 6. The Morgan fingerprint density at radius 2 is 1.92 bits per heavy atom. The van der Waals surface area contributed by atoms with E-state index in [1.54, 1.807) is 53.8 Å². The molecule has 0 radical (unpaired) electrons. The molecule has 0 bridgehead atoms. The van der Waals surface area contributed by atoms with Crippen LogP contribution in [0.2, 0.25) is 5.02 Å². The highest BCUT2D eigenvalue weighted by molar-refractivity contribution is 7.18. The zero-order valence-corrected chi connectivity index (χ0v) is 21.4. The first-order valence-corrected chi connectivity index (χ1v) is 13.1. The smallest absolute Gasteiger partial charge is 0.262 e. The van der Waals surface area contributed by atoms with Gasteiger partial charge >= 0.3 is 0 Å². The number of carbonyl (C=O) groups is 1. The maximum Gasteiger partial charge on any atom is 0.262 e. The topological polar surface area (TPSA) is 93.3 Å². The van der Waals surface area contributed by atoms with Crippen molar-refractivity contribution in [2.24, 2.45) is 0 Å². The van der Waals surface area contributed by atoms with E-state index in [-0.39, 0.29) is 18.1 Å². The van der Waals surface area contributed by atoms with E-state index in [9.17, 15) is 9.59 Å². The standard InChI is InChI=1S/C27H26ClN3O4S/c1-34-21-14-16(12-13-20(21)35-15-23(32)29-19-10-7-6-9-18(19)28)25-30-26(33)24-17-8-4-2-3-5-11-22(17)36-27(24)31-25/h6-7,9-10,12-14H,2-5,8,11,15H2,1H3,(H,29,32)(H,30,31,33). The summed E-state index contributed by atoms with van der Waals surface area (Å²) in [5, 5.41) is 3.90. The largest absolute Gasteiger partial charge is 0.493 e. The predicted molar refractivity (Wildman–Crippen MR) is 144 cm³/mol. The molecule has 0 saturated heterocycles. The van der Waals surface area contributed by atoms with Crippen LogP contribution in [-0.4, -0.2) is 29.6 Å². The first-order chi connectivity index (χ1) is 17.5. The van der Waals surface area contributed by atoms with Gasteiger partial charge < -0.3 is 19.8 Å². The van der Waals surface area contributed by atoms with Crippen molar-refractivity contribution < 1.29 is 14.3 Å². The van der Waals surface area contributed by atoms with Gasteiger partial charge in [-0.3, -0.25) is 9.59 Å². The number of hydrogen-bond acceptors (Lipinski definition) is 6. The lowest BCUT2D eigenvalue weighted by Crippen LogP contribution is -2.20. The lowest BCUT2D eigenvalue weighted by atomic mass is 9.98. The molecular weight excluding hydrogens is 498 g/mol. The van der Waals surface area contributed by atoms with Crippen LogP contribution < -0.4 is 20.3 Å². The Balaban J connectivity index is 1.37. The Morgan fingerprint density at radius 1 is 1.11 bits per heavy atom. The molecule has 0 spiro atoms. The van der Waals surface area contributed by atoms with Gasteiger partial charge in [-0.1, -0.05) is 36.6 Å². The maximum absolute atomic E-state index is 13.1. The Labute approximate surface area is 217 Å². The predicted octanol–water partition coefficient (Wildman–Crippen LogP) is 5.99. The number of aromatic nitrogens is 2. The summed E-state index contributed by atoms with van der Waals surface area (Å²) in [4.78, 5) is 35.2. The number of ether oxygens (including phenoxy) is 2. The molecule has 0 atom stereocenters. The van der Waals surface area contributed by atoms with Crippen LogP contribution in [0.3, 0.4) is 0 Å². The van der Waals surface area contributed by atoms with E-state index in [4.69, 9.17) is 26.1 Å². The molecule has 2 aromatic carbocycles. The van der Waals surface area contributed by atoms with Crippen LogP contribution in [-0.2, 0) is 17.6 Å². The van der Waals surface area contributed by atoms with Crippen molar-refractivity contribution in [2.45, 2.75) is 38.5 Å². The van der Waals surface area contributed by atoms with Crippen LogP contribution in [0.15, 0.2) is 47.3 Å². The minimum Gasteiger partial charge on any atom is -0.493 e. The molecule has 2 N–H and O–H groups in total. The molecule has 2 aromatic heterocycles. The van der Waals surface area contributed by atoms with Crippen LogP contribution in [0.1, 0.15) is 36.1 Å². The molecule has 36 heavy (non-hydrogen) atoms. The van der Waals surface area contributed by atoms with Crippen molar-refractivity contribution in [3.63, 3.8) is 0 Å². The average molecular weight is 524 g/mol. The van der Waals surface area contributed by atoms with Crippen LogP contribution in [0.5, 0.6) is 11.5 Å². The number of nitrogens with zero attached hydrogens (tertiary/aromatic N) is 1. The van der Waals surface area contributed by atoms with Gasteiger partial charge in [0.25, 0.3) is 11.5 Å². The second-order valence-electron chi connectivity index (χ2n) is 8.70. The van der Waals surface area contributed by atoms with Crippen molar-refractivity contribution in [3.05, 3.63) is 68.3 Å². The number of anilines is 1. The molecule has 0 fully saturated rings. The Morgan fingerprint density at radius 3 is 2.72 bits per heavy atom. The SMILES string of the molecule is COc1cc(-c2nc3sc4c(c3c(=O)[nH]2)CCCCCC4)ccc1OCC(=O)Nc1ccccc1Cl. The molecule has 0 saturated carbocycles. The minimum absolute atomic E-state index is 0.108. The molecule has 1 amide bonds. The van der Waals surface area contributed by atoms with E-state index >= 15 is 0 Å². The fourth-order valence-electron chi connectivity index (χ4n) is 4.48. The number of fused-ring (bicyclic) bond motifs is 3. The van der Waals surface area contributed by atoms with Gasteiger partial charge in [0, 0.05) is 10.4 Å². The van der Waals surface area contributed by atoms with Gasteiger partial charge in [0.2, 0.25) is 0 Å². The fourth-order valence-corrected chi connectivity index (χ4v) is 5.93. The van der Waals surface area contributed by atoms with E-state index in [0.717, 1.165) is 35.9 Å². The minimum atomic E-state index is -0.348. The molecule has 1 aliphatic rings. The van der Waals surface area contributed by atoms with Gasteiger partial charge in [-0.25, -0.2) is 4.98 Å². The van der Waals surface area contributed by atoms with Crippen LogP contribution in [0.4, 0.5) is 5.69 Å². The van der Waals surface area contributed by atoms with E-state index in [1.165, 1.54) is 30.4 Å². The molecule has 4 aromatic rings. The van der Waals surface area contributed by atoms with Crippen LogP contribution in [0, 0.1) is 0 Å². The second kappa shape index (κ2) is 10.7. The van der Waals surface area contributed by atoms with Crippen LogP contribution in [0.25, 0.3) is 21.6 Å². The number of nitrogens with one attached hydrogen (secondary N) is 2. The number of para-hydroxylation sites is 1. The summed E-state index contributed by atoms with van der Waals surface area (Å²) in [5.74, 6) is 0.958. The first kappa shape index (κ1) is 24.3. The summed E-state index contributed by atoms with van der Waals surface area (Å²) in [6.45, 7) is -0.220. The Hall–Kier alpha value is -3.36. The number of benzene rings is 2. The van der Waals surface area contributed by atoms with E-state index < -0.39 is 0 Å². The number of methoxy groups -OCH3 is 1. The normalized spacial score (nSPS) is 13.5. The van der Waals surface area contributed by atoms with Crippen molar-refractivity contribution in [3.8, 4) is 22.9 Å². The quantitative estimate of drug-likeness (QED) is 0.324. The fraction of sp³-hybridized carbons (Fsp3) is 0.296. The zero-order chi connectivity index (χ0) is 25.1. The van der Waals surface area contributed by atoms with E-state index in [2.05, 4.69) is 10.3 Å². The molecule has 5 rings (SSSR count). The van der Waals surface area contributed by atoms with Crippen molar-refractivity contribution in [1.29, 1.82) is 0 Å². The summed E-state index contributed by atoms with van der Waals surface area (Å²) < 4.78 is 11.2. The number of carbonyl (C=O) groups excluding carboxylic acids is 1. The monoisotopic (exact) mass is 523 g/mol. The van der Waals surface area contributed by atoms with E-state index in [0.29, 0.717) is 33.6 Å². The third-order valence-corrected chi connectivity index (χ3v) is 7.78. The Kier molecular flexibility index (Phi) is 7.25. The maximum atomic E-state index is 13.1. The third kappa shape index (κ3) is 5.10. The summed E-state index contributed by atoms with van der Waals surface area (Å²) in [5.41, 5.74) is 2.27. The molecular formula is C27H26ClN3O4S. The summed E-state index contributed by atoms with van der Waals surface area (Å²) in [6, 6.07) is 12.2. The number of thiophene rings is 1. The van der Waals surface area contributed by atoms with Gasteiger partial charge in [-0.15, -0.1) is 11.3 Å². The van der Waals surface area contributed by atoms with Gasteiger partial charge in [0.15, 0.2) is 18.1 Å². The number of amides is 1. The molecule has 1 aliphatic carbocycles. The third-order valence-electron chi connectivity index (χ3n) is 6.27. The molecule has 0 aliphatic heterocycles. The number of aryl methyl sites for hydroxylation is 2. The first-order valence-electron chi connectivity index (χ1n) is 11.9. The zero-order valence-electron chi connectivity index (χ0n) is 19.9. The van der Waals surface area contributed by atoms with Crippen molar-refractivity contribution >= 4 is 44.7 Å². The lowest BCUT2D eigenvalue weighted by molar-refractivity contribution is -0.118. The van der Waals surface area contributed by atoms with Crippen LogP contribution >= 0.6 is 22.9 Å². The summed E-state index contributed by atoms with van der Waals surface area (Å²) >= 11 is 7.72. The van der Waals surface area contributed by atoms with Gasteiger partial charge in [-0.05, 0) is 61.6 Å². The molecule has 7 nitrogen and oxygen atoms in total. The summed E-state index contributed by atoms with van der Waals surface area (Å²) in [6.07, 6.45) is 6.64.